The lowest BCUT2D eigenvalue weighted by Crippen LogP contribution is -2.60. The Balaban J connectivity index is 2.02. The van der Waals surface area contributed by atoms with E-state index in [9.17, 15) is 0 Å². The molecule has 0 radical (unpaired) electrons. The molecular weight excluding hydrogens is 208 g/mol. The Morgan fingerprint density at radius 2 is 1.71 bits per heavy atom. The summed E-state index contributed by atoms with van der Waals surface area (Å²) < 4.78 is 0. The molecule has 1 unspecified atom stereocenters. The molecule has 1 heterocycles. The summed E-state index contributed by atoms with van der Waals surface area (Å²) in [5, 5.41) is 3.77. The Morgan fingerprint density at radius 3 is 2.29 bits per heavy atom. The van der Waals surface area contributed by atoms with Crippen LogP contribution in [-0.2, 0) is 0 Å². The molecule has 0 bridgehead atoms. The van der Waals surface area contributed by atoms with E-state index in [1.54, 1.807) is 0 Å². The second-order valence-electron chi connectivity index (χ2n) is 6.03. The van der Waals surface area contributed by atoms with Gasteiger partial charge < -0.3 is 5.32 Å². The lowest BCUT2D eigenvalue weighted by atomic mass is 9.85. The molecule has 2 fully saturated rings. The van der Waals surface area contributed by atoms with Crippen LogP contribution in [0.5, 0.6) is 0 Å². The predicted octanol–water partition coefficient (Wildman–Crippen LogP) is 3.17. The second kappa shape index (κ2) is 6.19. The van der Waals surface area contributed by atoms with Crippen molar-refractivity contribution in [2.75, 3.05) is 19.6 Å². The normalized spacial score (nSPS) is 27.2. The summed E-state index contributed by atoms with van der Waals surface area (Å²) in [4.78, 5) is 2.83. The number of likely N-dealkylation sites (tertiary alicyclic amines) is 1. The van der Waals surface area contributed by atoms with Crippen LogP contribution in [0.1, 0.15) is 65.2 Å². The molecule has 0 amide bonds. The van der Waals surface area contributed by atoms with Gasteiger partial charge in [-0.1, -0.05) is 26.2 Å². The van der Waals surface area contributed by atoms with Crippen LogP contribution in [0.3, 0.4) is 0 Å². The van der Waals surface area contributed by atoms with Crippen molar-refractivity contribution in [3.63, 3.8) is 0 Å². The maximum Gasteiger partial charge on any atom is 0.0359 e. The minimum Gasteiger partial charge on any atom is -0.312 e. The molecule has 17 heavy (non-hydrogen) atoms. The molecule has 1 saturated heterocycles. The van der Waals surface area contributed by atoms with E-state index in [4.69, 9.17) is 0 Å². The average molecular weight is 238 g/mol. The van der Waals surface area contributed by atoms with Gasteiger partial charge in [0.15, 0.2) is 0 Å². The third-order valence-corrected chi connectivity index (χ3v) is 4.96. The first-order valence-corrected chi connectivity index (χ1v) is 7.78. The molecule has 2 rings (SSSR count). The van der Waals surface area contributed by atoms with Gasteiger partial charge in [-0.2, -0.15) is 0 Å². The lowest BCUT2D eigenvalue weighted by molar-refractivity contribution is 0.0421. The zero-order chi connectivity index (χ0) is 12.1. The fourth-order valence-electron chi connectivity index (χ4n) is 3.90. The van der Waals surface area contributed by atoms with Crippen molar-refractivity contribution in [1.29, 1.82) is 0 Å². The molecule has 1 atom stereocenters. The lowest BCUT2D eigenvalue weighted by Gasteiger charge is -2.47. The number of nitrogens with zero attached hydrogens (tertiary/aromatic N) is 1. The van der Waals surface area contributed by atoms with Gasteiger partial charge in [0.25, 0.3) is 0 Å². The molecule has 0 aromatic carbocycles. The minimum atomic E-state index is 0.496. The van der Waals surface area contributed by atoms with Gasteiger partial charge >= 0.3 is 0 Å². The Bertz CT molecular complexity index is 215. The van der Waals surface area contributed by atoms with E-state index in [-0.39, 0.29) is 0 Å². The molecule has 0 aromatic rings. The highest BCUT2D eigenvalue weighted by molar-refractivity contribution is 5.02. The summed E-state index contributed by atoms with van der Waals surface area (Å²) in [5.41, 5.74) is 0.496. The summed E-state index contributed by atoms with van der Waals surface area (Å²) in [6, 6.07) is 0.669. The fraction of sp³-hybridized carbons (Fsp3) is 1.00. The smallest absolute Gasteiger partial charge is 0.0359 e. The first-order chi connectivity index (χ1) is 8.29. The number of piperidine rings is 1. The van der Waals surface area contributed by atoms with Crippen molar-refractivity contribution in [2.45, 2.75) is 76.8 Å². The summed E-state index contributed by atoms with van der Waals surface area (Å²) >= 11 is 0. The van der Waals surface area contributed by atoms with Crippen molar-refractivity contribution in [2.24, 2.45) is 0 Å². The van der Waals surface area contributed by atoms with Crippen LogP contribution in [0.2, 0.25) is 0 Å². The average Bonchev–Trinajstić information content (AvgIpc) is 2.87. The molecule has 2 aliphatic rings. The van der Waals surface area contributed by atoms with Crippen LogP contribution >= 0.6 is 0 Å². The van der Waals surface area contributed by atoms with Crippen LogP contribution in [0, 0.1) is 0 Å². The first kappa shape index (κ1) is 13.4. The van der Waals surface area contributed by atoms with Crippen LogP contribution < -0.4 is 5.32 Å². The van der Waals surface area contributed by atoms with Crippen molar-refractivity contribution in [1.82, 2.24) is 10.2 Å². The maximum atomic E-state index is 3.77. The topological polar surface area (TPSA) is 15.3 Å². The van der Waals surface area contributed by atoms with Crippen LogP contribution in [0.4, 0.5) is 0 Å². The number of nitrogens with one attached hydrogen (secondary N) is 1. The minimum absolute atomic E-state index is 0.496. The van der Waals surface area contributed by atoms with E-state index in [0.717, 1.165) is 0 Å². The van der Waals surface area contributed by atoms with Crippen molar-refractivity contribution >= 4 is 0 Å². The molecular formula is C15H30N2. The van der Waals surface area contributed by atoms with Crippen LogP contribution in [0.15, 0.2) is 0 Å². The van der Waals surface area contributed by atoms with Crippen molar-refractivity contribution in [3.05, 3.63) is 0 Å². The fourth-order valence-corrected chi connectivity index (χ4v) is 3.90. The number of hydrogen-bond donors (Lipinski definition) is 1. The highest BCUT2D eigenvalue weighted by Crippen LogP contribution is 2.39. The monoisotopic (exact) mass is 238 g/mol. The summed E-state index contributed by atoms with van der Waals surface area (Å²) in [7, 11) is 0. The third kappa shape index (κ3) is 2.85. The van der Waals surface area contributed by atoms with Gasteiger partial charge in [0.05, 0.1) is 0 Å². The third-order valence-electron chi connectivity index (χ3n) is 4.96. The van der Waals surface area contributed by atoms with E-state index in [1.165, 1.54) is 71.0 Å². The van der Waals surface area contributed by atoms with E-state index in [2.05, 4.69) is 24.1 Å². The standard InChI is InChI=1S/C15H30N2/c1-3-11-16-14(2)15(9-5-6-10-15)17-12-7-4-8-13-17/h14,16H,3-13H2,1-2H3. The van der Waals surface area contributed by atoms with Crippen molar-refractivity contribution in [3.8, 4) is 0 Å². The van der Waals surface area contributed by atoms with Crippen LogP contribution in [0.25, 0.3) is 0 Å². The predicted molar refractivity (Wildman–Crippen MR) is 74.4 cm³/mol. The van der Waals surface area contributed by atoms with Crippen molar-refractivity contribution < 1.29 is 0 Å². The molecule has 0 spiro atoms. The van der Waals surface area contributed by atoms with E-state index >= 15 is 0 Å². The largest absolute Gasteiger partial charge is 0.312 e. The Hall–Kier alpha value is -0.0800. The Labute approximate surface area is 107 Å². The highest BCUT2D eigenvalue weighted by atomic mass is 15.2. The van der Waals surface area contributed by atoms with Gasteiger partial charge in [0, 0.05) is 11.6 Å². The molecule has 1 saturated carbocycles. The molecule has 1 aliphatic carbocycles. The maximum absolute atomic E-state index is 3.77. The quantitative estimate of drug-likeness (QED) is 0.791. The zero-order valence-corrected chi connectivity index (χ0v) is 11.8. The van der Waals surface area contributed by atoms with Gasteiger partial charge in [-0.25, -0.2) is 0 Å². The first-order valence-electron chi connectivity index (χ1n) is 7.78. The molecule has 1 N–H and O–H groups in total. The Kier molecular flexibility index (Phi) is 4.87. The van der Waals surface area contributed by atoms with E-state index < -0.39 is 0 Å². The molecule has 2 heteroatoms. The van der Waals surface area contributed by atoms with Gasteiger partial charge in [-0.15, -0.1) is 0 Å². The zero-order valence-electron chi connectivity index (χ0n) is 11.8. The van der Waals surface area contributed by atoms with Crippen LogP contribution in [-0.4, -0.2) is 36.1 Å². The Morgan fingerprint density at radius 1 is 1.06 bits per heavy atom. The molecule has 1 aliphatic heterocycles. The summed E-state index contributed by atoms with van der Waals surface area (Å²) in [5.74, 6) is 0. The van der Waals surface area contributed by atoms with Gasteiger partial charge in [-0.3, -0.25) is 4.90 Å². The summed E-state index contributed by atoms with van der Waals surface area (Å²) in [6.07, 6.45) is 11.3. The molecule has 2 nitrogen and oxygen atoms in total. The molecule has 100 valence electrons. The van der Waals surface area contributed by atoms with E-state index in [0.29, 0.717) is 11.6 Å². The number of rotatable bonds is 5. The summed E-state index contributed by atoms with van der Waals surface area (Å²) in [6.45, 7) is 8.56. The second-order valence-corrected chi connectivity index (χ2v) is 6.03. The van der Waals surface area contributed by atoms with Gasteiger partial charge in [0.1, 0.15) is 0 Å². The highest BCUT2D eigenvalue weighted by Gasteiger charge is 2.43. The SMILES string of the molecule is CCCNC(C)C1(N2CCCCC2)CCCC1. The van der Waals surface area contributed by atoms with Gasteiger partial charge in [0.2, 0.25) is 0 Å². The molecule has 0 aromatic heterocycles. The van der Waals surface area contributed by atoms with E-state index in [1.807, 2.05) is 0 Å². The number of hydrogen-bond acceptors (Lipinski definition) is 2. The van der Waals surface area contributed by atoms with Gasteiger partial charge in [-0.05, 0) is 58.7 Å².